The molecule has 0 unspecified atom stereocenters. The number of fused-ring (bicyclic) bond motifs is 1. The number of hydrogen-bond donors (Lipinski definition) is 2. The Morgan fingerprint density at radius 2 is 1.89 bits per heavy atom. The molecule has 0 radical (unpaired) electrons. The van der Waals surface area contributed by atoms with Crippen LogP contribution in [0.15, 0.2) is 29.4 Å². The smallest absolute Gasteiger partial charge is 0.258 e. The summed E-state index contributed by atoms with van der Waals surface area (Å²) >= 11 is 12.0. The van der Waals surface area contributed by atoms with Gasteiger partial charge < -0.3 is 5.73 Å². The maximum absolute atomic E-state index is 12.7. The number of carbonyl (C=O) groups is 2. The second kappa shape index (κ2) is 6.79. The van der Waals surface area contributed by atoms with Gasteiger partial charge in [-0.2, -0.15) is 4.72 Å². The lowest BCUT2D eigenvalue weighted by atomic mass is 10.2. The van der Waals surface area contributed by atoms with Gasteiger partial charge in [-0.3, -0.25) is 14.2 Å². The highest BCUT2D eigenvalue weighted by Gasteiger charge is 2.41. The molecular weight excluding hydrogens is 417 g/mol. The Hall–Kier alpha value is -2.14. The zero-order valence-electron chi connectivity index (χ0n) is 14.2. The molecule has 0 fully saturated rings. The Kier molecular flexibility index (Phi) is 4.93. The zero-order chi connectivity index (χ0) is 20.1. The molecule has 1 aromatic heterocycles. The van der Waals surface area contributed by atoms with Gasteiger partial charge in [-0.15, -0.1) is 0 Å². The molecule has 2 heterocycles. The molecule has 3 rings (SSSR count). The van der Waals surface area contributed by atoms with Gasteiger partial charge in [0.05, 0.1) is 17.9 Å². The molecule has 0 aliphatic carbocycles. The van der Waals surface area contributed by atoms with E-state index in [1.54, 1.807) is 0 Å². The first kappa shape index (κ1) is 19.6. The highest BCUT2D eigenvalue weighted by molar-refractivity contribution is 7.89. The fraction of sp³-hybridized carbons (Fsp3) is 0.267. The Bertz CT molecular complexity index is 1030. The number of nitrogens with one attached hydrogen (secondary N) is 1. The Balaban J connectivity index is 2.09. The highest BCUT2D eigenvalue weighted by atomic mass is 35.5. The van der Waals surface area contributed by atoms with Crippen molar-refractivity contribution >= 4 is 56.7 Å². The Morgan fingerprint density at radius 3 is 2.44 bits per heavy atom. The van der Waals surface area contributed by atoms with Crippen LogP contribution in [0.4, 0.5) is 11.6 Å². The van der Waals surface area contributed by atoms with E-state index in [4.69, 9.17) is 28.9 Å². The van der Waals surface area contributed by atoms with E-state index in [1.807, 2.05) is 0 Å². The first-order chi connectivity index (χ1) is 12.5. The molecule has 1 aromatic carbocycles. The lowest BCUT2D eigenvalue weighted by Crippen LogP contribution is -2.42. The van der Waals surface area contributed by atoms with Crippen LogP contribution in [-0.2, 0) is 19.6 Å². The molecule has 12 heteroatoms. The fourth-order valence-electron chi connectivity index (χ4n) is 2.72. The van der Waals surface area contributed by atoms with Crippen LogP contribution in [0.3, 0.4) is 0 Å². The number of sulfonamides is 1. The average molecular weight is 432 g/mol. The fourth-order valence-corrected chi connectivity index (χ4v) is 4.63. The number of halogens is 2. The number of hydrogen-bond acceptors (Lipinski definition) is 5. The molecule has 144 valence electrons. The Morgan fingerprint density at radius 1 is 1.30 bits per heavy atom. The summed E-state index contributed by atoms with van der Waals surface area (Å²) in [6.45, 7) is 2.85. The molecule has 0 saturated heterocycles. The monoisotopic (exact) mass is 431 g/mol. The average Bonchev–Trinajstić information content (AvgIpc) is 3.07. The van der Waals surface area contributed by atoms with E-state index in [2.05, 4.69) is 9.71 Å². The third-order valence-electron chi connectivity index (χ3n) is 4.05. The van der Waals surface area contributed by atoms with Crippen molar-refractivity contribution in [2.45, 2.75) is 31.0 Å². The highest BCUT2D eigenvalue weighted by Crippen LogP contribution is 2.39. The lowest BCUT2D eigenvalue weighted by Gasteiger charge is -2.15. The van der Waals surface area contributed by atoms with Crippen molar-refractivity contribution in [3.05, 3.63) is 34.4 Å². The summed E-state index contributed by atoms with van der Waals surface area (Å²) in [5.74, 6) is -1.15. The van der Waals surface area contributed by atoms with Gasteiger partial charge in [-0.25, -0.2) is 18.3 Å². The Labute approximate surface area is 165 Å². The number of primary amides is 1. The van der Waals surface area contributed by atoms with Gasteiger partial charge in [0.2, 0.25) is 11.9 Å². The lowest BCUT2D eigenvalue weighted by molar-refractivity contribution is -0.120. The van der Waals surface area contributed by atoms with Crippen LogP contribution >= 0.6 is 23.2 Å². The maximum Gasteiger partial charge on any atom is 0.258 e. The maximum atomic E-state index is 12.7. The van der Waals surface area contributed by atoms with Crippen LogP contribution in [0.5, 0.6) is 0 Å². The summed E-state index contributed by atoms with van der Waals surface area (Å²) in [5.41, 5.74) is 5.47. The number of imidazole rings is 1. The second-order valence-corrected chi connectivity index (χ2v) is 8.52. The number of amides is 2. The molecule has 0 bridgehead atoms. The standard InChI is InChI=1S/C15H15Cl2N5O4S/c1-7(13(18)23)20-27(25,26)12-6-19-15-21(12)8(2)14(24)22(15)11-4-9(16)3-10(17)5-11/h3-8,20H,1-2H3,(H2,18,23)/t7-,8+/m1/s1. The summed E-state index contributed by atoms with van der Waals surface area (Å²) in [4.78, 5) is 29.2. The topological polar surface area (TPSA) is 127 Å². The number of nitrogens with two attached hydrogens (primary N) is 1. The first-order valence-corrected chi connectivity index (χ1v) is 9.96. The van der Waals surface area contributed by atoms with Crippen molar-refractivity contribution in [1.29, 1.82) is 0 Å². The van der Waals surface area contributed by atoms with Gasteiger partial charge in [0.1, 0.15) is 6.04 Å². The molecule has 9 nitrogen and oxygen atoms in total. The molecular formula is C15H15Cl2N5O4S. The third kappa shape index (κ3) is 3.41. The van der Waals surface area contributed by atoms with E-state index in [-0.39, 0.29) is 11.0 Å². The van der Waals surface area contributed by atoms with Gasteiger partial charge in [0.15, 0.2) is 5.03 Å². The van der Waals surface area contributed by atoms with Gasteiger partial charge >= 0.3 is 0 Å². The van der Waals surface area contributed by atoms with E-state index >= 15 is 0 Å². The summed E-state index contributed by atoms with van der Waals surface area (Å²) in [5, 5.41) is 0.364. The summed E-state index contributed by atoms with van der Waals surface area (Å²) in [7, 11) is -4.15. The molecule has 1 aliphatic rings. The van der Waals surface area contributed by atoms with Gasteiger partial charge in [0.25, 0.3) is 15.9 Å². The second-order valence-electron chi connectivity index (χ2n) is 5.99. The third-order valence-corrected chi connectivity index (χ3v) is 6.00. The zero-order valence-corrected chi connectivity index (χ0v) is 16.5. The molecule has 2 atom stereocenters. The number of aromatic nitrogens is 2. The van der Waals surface area contributed by atoms with Crippen LogP contribution in [0.2, 0.25) is 10.0 Å². The van der Waals surface area contributed by atoms with Gasteiger partial charge in [-0.05, 0) is 32.0 Å². The summed E-state index contributed by atoms with van der Waals surface area (Å²) in [6, 6.07) is 2.56. The molecule has 0 saturated carbocycles. The van der Waals surface area contributed by atoms with Crippen molar-refractivity contribution in [1.82, 2.24) is 14.3 Å². The van der Waals surface area contributed by atoms with Gasteiger partial charge in [-0.1, -0.05) is 23.2 Å². The van der Waals surface area contributed by atoms with Crippen molar-refractivity contribution in [3.63, 3.8) is 0 Å². The van der Waals surface area contributed by atoms with Crippen molar-refractivity contribution in [3.8, 4) is 0 Å². The van der Waals surface area contributed by atoms with Crippen LogP contribution in [-0.4, -0.2) is 35.8 Å². The number of benzene rings is 1. The number of carbonyl (C=O) groups excluding carboxylic acids is 2. The van der Waals surface area contributed by atoms with Crippen molar-refractivity contribution < 1.29 is 18.0 Å². The molecule has 3 N–H and O–H groups in total. The van der Waals surface area contributed by atoms with Crippen molar-refractivity contribution in [2.24, 2.45) is 5.73 Å². The van der Waals surface area contributed by atoms with E-state index in [0.717, 1.165) is 6.20 Å². The normalized spacial score (nSPS) is 17.9. The summed E-state index contributed by atoms with van der Waals surface area (Å²) in [6.07, 6.45) is 1.10. The first-order valence-electron chi connectivity index (χ1n) is 7.72. The van der Waals surface area contributed by atoms with Crippen LogP contribution in [0, 0.1) is 0 Å². The van der Waals surface area contributed by atoms with E-state index < -0.39 is 33.9 Å². The molecule has 27 heavy (non-hydrogen) atoms. The largest absolute Gasteiger partial charge is 0.368 e. The minimum absolute atomic E-state index is 0.0953. The number of anilines is 2. The minimum atomic E-state index is -4.15. The number of nitrogens with zero attached hydrogens (tertiary/aromatic N) is 3. The van der Waals surface area contributed by atoms with Crippen LogP contribution in [0.25, 0.3) is 0 Å². The van der Waals surface area contributed by atoms with Gasteiger partial charge in [0, 0.05) is 10.0 Å². The number of rotatable bonds is 5. The van der Waals surface area contributed by atoms with Crippen LogP contribution in [0.1, 0.15) is 19.9 Å². The molecule has 0 spiro atoms. The van der Waals surface area contributed by atoms with Crippen LogP contribution < -0.4 is 15.4 Å². The summed E-state index contributed by atoms with van der Waals surface area (Å²) < 4.78 is 28.7. The minimum Gasteiger partial charge on any atom is -0.368 e. The quantitative estimate of drug-likeness (QED) is 0.742. The van der Waals surface area contributed by atoms with Crippen molar-refractivity contribution in [2.75, 3.05) is 4.90 Å². The van der Waals surface area contributed by atoms with E-state index in [0.29, 0.717) is 15.7 Å². The molecule has 1 aliphatic heterocycles. The SMILES string of the molecule is C[C@@H](NS(=O)(=O)c1cnc2n1[C@@H](C)C(=O)N2c1cc(Cl)cc(Cl)c1)C(N)=O. The predicted octanol–water partition coefficient (Wildman–Crippen LogP) is 1.58. The molecule has 2 amide bonds. The molecule has 2 aromatic rings. The van der Waals surface area contributed by atoms with E-state index in [1.165, 1.54) is 41.5 Å². The van der Waals surface area contributed by atoms with E-state index in [9.17, 15) is 18.0 Å². The predicted molar refractivity (Wildman–Crippen MR) is 99.5 cm³/mol.